The third kappa shape index (κ3) is 3.11. The number of nitrogens with zero attached hydrogens (tertiary/aromatic N) is 4. The molecule has 22 heavy (non-hydrogen) atoms. The van der Waals surface area contributed by atoms with E-state index in [1.54, 1.807) is 6.92 Å². The Morgan fingerprint density at radius 3 is 2.68 bits per heavy atom. The highest BCUT2D eigenvalue weighted by atomic mass is 16.4. The van der Waals surface area contributed by atoms with Crippen LogP contribution in [0.2, 0.25) is 0 Å². The number of rotatable bonds is 6. The van der Waals surface area contributed by atoms with E-state index in [0.717, 1.165) is 0 Å². The molecule has 0 unspecified atom stereocenters. The van der Waals surface area contributed by atoms with E-state index in [-0.39, 0.29) is 23.6 Å². The summed E-state index contributed by atoms with van der Waals surface area (Å²) in [5.41, 5.74) is 5.40. The number of carbonyl (C=O) groups is 3. The Balaban J connectivity index is 2.10. The van der Waals surface area contributed by atoms with Gasteiger partial charge < -0.3 is 16.2 Å². The summed E-state index contributed by atoms with van der Waals surface area (Å²) in [6, 6.07) is 1.28. The van der Waals surface area contributed by atoms with Gasteiger partial charge in [-0.25, -0.2) is 4.79 Å². The molecule has 2 rings (SSSR count). The van der Waals surface area contributed by atoms with Gasteiger partial charge in [0.15, 0.2) is 5.69 Å². The number of nitrogens with one attached hydrogen (secondary N) is 1. The van der Waals surface area contributed by atoms with Crippen molar-refractivity contribution in [2.45, 2.75) is 20.0 Å². The maximum atomic E-state index is 11.9. The predicted octanol–water partition coefficient (Wildman–Crippen LogP) is -0.465. The number of aryl methyl sites for hydroxylation is 1. The topological polar surface area (TPSA) is 145 Å². The Hall–Kier alpha value is -3.17. The van der Waals surface area contributed by atoms with Crippen LogP contribution in [-0.2, 0) is 17.9 Å². The van der Waals surface area contributed by atoms with E-state index in [9.17, 15) is 14.4 Å². The number of nitrogens with two attached hydrogens (primary N) is 1. The fourth-order valence-electron chi connectivity index (χ4n) is 1.88. The van der Waals surface area contributed by atoms with Gasteiger partial charge in [-0.15, -0.1) is 0 Å². The minimum absolute atomic E-state index is 0.0996. The van der Waals surface area contributed by atoms with Crippen LogP contribution in [0.4, 0.5) is 5.69 Å². The van der Waals surface area contributed by atoms with Crippen molar-refractivity contribution < 1.29 is 19.5 Å². The summed E-state index contributed by atoms with van der Waals surface area (Å²) in [6.07, 6.45) is 2.70. The van der Waals surface area contributed by atoms with Crippen molar-refractivity contribution in [2.24, 2.45) is 5.73 Å². The Morgan fingerprint density at radius 2 is 2.14 bits per heavy atom. The molecular weight excluding hydrogens is 292 g/mol. The van der Waals surface area contributed by atoms with Gasteiger partial charge in [0.2, 0.25) is 5.91 Å². The second kappa shape index (κ2) is 6.08. The number of primary amides is 1. The number of hydrogen-bond acceptors (Lipinski definition) is 5. The summed E-state index contributed by atoms with van der Waals surface area (Å²) in [5.74, 6) is -2.38. The van der Waals surface area contributed by atoms with Gasteiger partial charge in [0.25, 0.3) is 5.91 Å². The lowest BCUT2D eigenvalue weighted by atomic mass is 10.3. The zero-order valence-corrected chi connectivity index (χ0v) is 11.7. The van der Waals surface area contributed by atoms with E-state index in [4.69, 9.17) is 10.8 Å². The predicted molar refractivity (Wildman–Crippen MR) is 74.2 cm³/mol. The van der Waals surface area contributed by atoms with Crippen molar-refractivity contribution in [3.05, 3.63) is 29.8 Å². The number of amides is 2. The number of aromatic carboxylic acids is 1. The number of hydrogen-bond donors (Lipinski definition) is 3. The van der Waals surface area contributed by atoms with Crippen LogP contribution in [0.25, 0.3) is 0 Å². The molecule has 2 aromatic heterocycles. The van der Waals surface area contributed by atoms with Crippen molar-refractivity contribution >= 4 is 23.5 Å². The van der Waals surface area contributed by atoms with Crippen molar-refractivity contribution in [1.29, 1.82) is 0 Å². The molecule has 10 nitrogen and oxygen atoms in total. The summed E-state index contributed by atoms with van der Waals surface area (Å²) < 4.78 is 2.54. The van der Waals surface area contributed by atoms with E-state index in [0.29, 0.717) is 6.54 Å². The lowest BCUT2D eigenvalue weighted by Crippen LogP contribution is -2.23. The third-order valence-corrected chi connectivity index (χ3v) is 2.81. The zero-order valence-electron chi connectivity index (χ0n) is 11.7. The molecule has 2 amide bonds. The average Bonchev–Trinajstić information content (AvgIpc) is 3.05. The molecule has 0 saturated carbocycles. The molecule has 0 fully saturated rings. The molecular formula is C12H14N6O4. The zero-order chi connectivity index (χ0) is 16.3. The molecule has 0 aliphatic carbocycles. The maximum Gasteiger partial charge on any atom is 0.356 e. The van der Waals surface area contributed by atoms with Gasteiger partial charge in [-0.2, -0.15) is 10.2 Å². The molecule has 0 spiro atoms. The van der Waals surface area contributed by atoms with Gasteiger partial charge in [0, 0.05) is 12.7 Å². The lowest BCUT2D eigenvalue weighted by molar-refractivity contribution is -0.116. The van der Waals surface area contributed by atoms with Crippen LogP contribution in [0.5, 0.6) is 0 Å². The van der Waals surface area contributed by atoms with Gasteiger partial charge in [0.05, 0.1) is 11.9 Å². The highest BCUT2D eigenvalue weighted by Crippen LogP contribution is 2.14. The molecule has 116 valence electrons. The van der Waals surface area contributed by atoms with E-state index in [1.807, 2.05) is 0 Å². The third-order valence-electron chi connectivity index (χ3n) is 2.81. The van der Waals surface area contributed by atoms with E-state index in [1.165, 1.54) is 27.8 Å². The van der Waals surface area contributed by atoms with Gasteiger partial charge in [-0.05, 0) is 13.0 Å². The minimum atomic E-state index is -1.18. The molecule has 0 saturated heterocycles. The molecule has 4 N–H and O–H groups in total. The minimum Gasteiger partial charge on any atom is -0.476 e. The van der Waals surface area contributed by atoms with E-state index in [2.05, 4.69) is 15.5 Å². The van der Waals surface area contributed by atoms with Gasteiger partial charge in [-0.3, -0.25) is 19.0 Å². The van der Waals surface area contributed by atoms with Crippen LogP contribution >= 0.6 is 0 Å². The first-order valence-corrected chi connectivity index (χ1v) is 6.34. The molecule has 0 aliphatic heterocycles. The van der Waals surface area contributed by atoms with Crippen molar-refractivity contribution in [1.82, 2.24) is 19.6 Å². The van der Waals surface area contributed by atoms with Crippen molar-refractivity contribution in [2.75, 3.05) is 5.32 Å². The molecule has 0 radical (unpaired) electrons. The second-order valence-corrected chi connectivity index (χ2v) is 4.34. The highest BCUT2D eigenvalue weighted by Gasteiger charge is 2.17. The number of carbonyl (C=O) groups excluding carboxylic acids is 2. The fourth-order valence-corrected chi connectivity index (χ4v) is 1.88. The molecule has 2 aromatic rings. The van der Waals surface area contributed by atoms with Crippen LogP contribution in [0, 0.1) is 0 Å². The van der Waals surface area contributed by atoms with Crippen molar-refractivity contribution in [3.63, 3.8) is 0 Å². The summed E-state index contributed by atoms with van der Waals surface area (Å²) in [4.78, 5) is 34.0. The number of anilines is 1. The smallest absolute Gasteiger partial charge is 0.356 e. The van der Waals surface area contributed by atoms with Crippen LogP contribution < -0.4 is 11.1 Å². The molecule has 0 aromatic carbocycles. The Morgan fingerprint density at radius 1 is 1.41 bits per heavy atom. The summed E-state index contributed by atoms with van der Waals surface area (Å²) in [5, 5.41) is 18.9. The number of carboxylic acid groups (broad SMARTS) is 1. The Kier molecular flexibility index (Phi) is 4.20. The SMILES string of the molecule is CCn1ncc(NC(=O)Cn2ccc(C(=O)O)n2)c1C(N)=O. The first kappa shape index (κ1) is 15.2. The first-order chi connectivity index (χ1) is 10.4. The maximum absolute atomic E-state index is 11.9. The monoisotopic (exact) mass is 306 g/mol. The molecule has 0 aliphatic rings. The molecule has 0 atom stereocenters. The van der Waals surface area contributed by atoms with Crippen molar-refractivity contribution in [3.8, 4) is 0 Å². The molecule has 2 heterocycles. The standard InChI is InChI=1S/C12H14N6O4/c1-2-18-10(11(13)20)8(5-14-18)15-9(19)6-17-4-3-7(16-17)12(21)22/h3-5H,2,6H2,1H3,(H2,13,20)(H,15,19)(H,21,22). The van der Waals surface area contributed by atoms with Crippen LogP contribution in [0.3, 0.4) is 0 Å². The summed E-state index contributed by atoms with van der Waals surface area (Å²) in [6.45, 7) is 2.00. The Bertz CT molecular complexity index is 732. The van der Waals surface area contributed by atoms with Gasteiger partial charge in [-0.1, -0.05) is 0 Å². The summed E-state index contributed by atoms with van der Waals surface area (Å²) in [7, 11) is 0. The lowest BCUT2D eigenvalue weighted by Gasteiger charge is -2.06. The average molecular weight is 306 g/mol. The van der Waals surface area contributed by atoms with E-state index >= 15 is 0 Å². The Labute approximate surface area is 124 Å². The van der Waals surface area contributed by atoms with Crippen LogP contribution in [0.15, 0.2) is 18.5 Å². The highest BCUT2D eigenvalue weighted by molar-refractivity contribution is 6.01. The van der Waals surface area contributed by atoms with E-state index < -0.39 is 17.8 Å². The summed E-state index contributed by atoms with van der Waals surface area (Å²) >= 11 is 0. The number of aromatic nitrogens is 4. The number of carboxylic acids is 1. The molecule has 10 heteroatoms. The quantitative estimate of drug-likeness (QED) is 0.658. The molecule has 0 bridgehead atoms. The normalized spacial score (nSPS) is 10.4. The van der Waals surface area contributed by atoms with Gasteiger partial charge >= 0.3 is 5.97 Å². The first-order valence-electron chi connectivity index (χ1n) is 6.34. The van der Waals surface area contributed by atoms with Crippen LogP contribution in [-0.4, -0.2) is 42.5 Å². The fraction of sp³-hybridized carbons (Fsp3) is 0.250. The van der Waals surface area contributed by atoms with Crippen LogP contribution in [0.1, 0.15) is 27.9 Å². The largest absolute Gasteiger partial charge is 0.476 e. The van der Waals surface area contributed by atoms with Gasteiger partial charge in [0.1, 0.15) is 12.2 Å². The second-order valence-electron chi connectivity index (χ2n) is 4.34.